The number of para-hydroxylation sites is 1. The maximum absolute atomic E-state index is 12.1. The summed E-state index contributed by atoms with van der Waals surface area (Å²) in [5.41, 5.74) is 2.84. The highest BCUT2D eigenvalue weighted by Crippen LogP contribution is 2.35. The third-order valence-corrected chi connectivity index (χ3v) is 3.69. The molecular weight excluding hydrogens is 318 g/mol. The lowest BCUT2D eigenvalue weighted by Crippen LogP contribution is -2.20. The molecule has 0 spiro atoms. The molecule has 0 aliphatic carbocycles. The molecule has 5 heteroatoms. The summed E-state index contributed by atoms with van der Waals surface area (Å²) in [4.78, 5) is 12.1. The second-order valence-corrected chi connectivity index (χ2v) is 5.37. The Bertz CT molecular complexity index is 736. The first-order valence-corrected chi connectivity index (χ1v) is 6.84. The Morgan fingerprint density at radius 2 is 2.05 bits per heavy atom. The Labute approximate surface area is 124 Å². The molecule has 0 fully saturated rings. The van der Waals surface area contributed by atoms with Gasteiger partial charge in [0.05, 0.1) is 11.3 Å². The number of nitrogens with one attached hydrogen (secondary N) is 2. The molecule has 4 nitrogen and oxygen atoms in total. The van der Waals surface area contributed by atoms with Gasteiger partial charge in [0.2, 0.25) is 0 Å². The van der Waals surface area contributed by atoms with E-state index in [0.717, 1.165) is 15.7 Å². The van der Waals surface area contributed by atoms with Gasteiger partial charge in [-0.1, -0.05) is 28.1 Å². The SMILES string of the molecule is N#Cc1ccccc1NC1C(=O)Nc2ccc(Br)cc21. The van der Waals surface area contributed by atoms with Crippen LogP contribution >= 0.6 is 15.9 Å². The molecule has 0 saturated heterocycles. The Hall–Kier alpha value is -2.32. The van der Waals surface area contributed by atoms with Gasteiger partial charge in [0.1, 0.15) is 12.1 Å². The van der Waals surface area contributed by atoms with E-state index in [2.05, 4.69) is 32.6 Å². The molecule has 0 bridgehead atoms. The van der Waals surface area contributed by atoms with Crippen molar-refractivity contribution in [3.63, 3.8) is 0 Å². The van der Waals surface area contributed by atoms with Crippen molar-refractivity contribution in [2.45, 2.75) is 6.04 Å². The molecule has 0 saturated carbocycles. The van der Waals surface area contributed by atoms with Gasteiger partial charge in [-0.3, -0.25) is 4.79 Å². The average Bonchev–Trinajstić information content (AvgIpc) is 2.76. The summed E-state index contributed by atoms with van der Waals surface area (Å²) in [6.45, 7) is 0. The van der Waals surface area contributed by atoms with Crippen LogP contribution in [0.4, 0.5) is 11.4 Å². The van der Waals surface area contributed by atoms with Crippen LogP contribution < -0.4 is 10.6 Å². The molecule has 2 aromatic rings. The van der Waals surface area contributed by atoms with Gasteiger partial charge >= 0.3 is 0 Å². The molecule has 1 atom stereocenters. The summed E-state index contributed by atoms with van der Waals surface area (Å²) >= 11 is 3.41. The summed E-state index contributed by atoms with van der Waals surface area (Å²) in [5, 5.41) is 15.1. The van der Waals surface area contributed by atoms with Gasteiger partial charge in [-0.05, 0) is 30.3 Å². The van der Waals surface area contributed by atoms with Crippen molar-refractivity contribution in [2.24, 2.45) is 0 Å². The number of hydrogen-bond acceptors (Lipinski definition) is 3. The van der Waals surface area contributed by atoms with Crippen molar-refractivity contribution < 1.29 is 4.79 Å². The van der Waals surface area contributed by atoms with Gasteiger partial charge in [-0.25, -0.2) is 0 Å². The van der Waals surface area contributed by atoms with Gasteiger partial charge < -0.3 is 10.6 Å². The summed E-state index contributed by atoms with van der Waals surface area (Å²) in [6.07, 6.45) is 0. The number of rotatable bonds is 2. The summed E-state index contributed by atoms with van der Waals surface area (Å²) in [6, 6.07) is 14.4. The predicted molar refractivity (Wildman–Crippen MR) is 80.3 cm³/mol. The molecule has 3 rings (SSSR count). The predicted octanol–water partition coefficient (Wildman–Crippen LogP) is 3.43. The van der Waals surface area contributed by atoms with E-state index in [-0.39, 0.29) is 5.91 Å². The lowest BCUT2D eigenvalue weighted by molar-refractivity contribution is -0.116. The van der Waals surface area contributed by atoms with Crippen molar-refractivity contribution in [3.8, 4) is 6.07 Å². The van der Waals surface area contributed by atoms with Gasteiger partial charge in [-0.15, -0.1) is 0 Å². The number of carbonyl (C=O) groups is 1. The third-order valence-electron chi connectivity index (χ3n) is 3.19. The summed E-state index contributed by atoms with van der Waals surface area (Å²) in [5.74, 6) is -0.120. The number of carbonyl (C=O) groups excluding carboxylic acids is 1. The zero-order valence-corrected chi connectivity index (χ0v) is 11.9. The van der Waals surface area contributed by atoms with E-state index < -0.39 is 6.04 Å². The van der Waals surface area contributed by atoms with Gasteiger partial charge in [0.25, 0.3) is 5.91 Å². The van der Waals surface area contributed by atoms with Crippen molar-refractivity contribution in [1.82, 2.24) is 0 Å². The van der Waals surface area contributed by atoms with Crippen molar-refractivity contribution in [3.05, 3.63) is 58.1 Å². The van der Waals surface area contributed by atoms with Crippen LogP contribution in [0.3, 0.4) is 0 Å². The fourth-order valence-corrected chi connectivity index (χ4v) is 2.62. The standard InChI is InChI=1S/C15H10BrN3O/c16-10-5-6-13-11(7-10)14(15(20)19-13)18-12-4-2-1-3-9(12)8-17/h1-7,14,18H,(H,19,20). The Kier molecular flexibility index (Phi) is 3.17. The second-order valence-electron chi connectivity index (χ2n) is 4.46. The number of halogens is 1. The normalized spacial score (nSPS) is 16.2. The van der Waals surface area contributed by atoms with Crippen LogP contribution in [0.5, 0.6) is 0 Å². The number of anilines is 2. The maximum atomic E-state index is 12.1. The minimum Gasteiger partial charge on any atom is -0.369 e. The molecule has 1 aliphatic heterocycles. The molecule has 1 aliphatic rings. The quantitative estimate of drug-likeness (QED) is 0.888. The van der Waals surface area contributed by atoms with E-state index in [0.29, 0.717) is 11.3 Å². The van der Waals surface area contributed by atoms with E-state index in [4.69, 9.17) is 5.26 Å². The highest BCUT2D eigenvalue weighted by atomic mass is 79.9. The van der Waals surface area contributed by atoms with Crippen molar-refractivity contribution in [2.75, 3.05) is 10.6 Å². The lowest BCUT2D eigenvalue weighted by Gasteiger charge is -2.14. The molecule has 0 aromatic heterocycles. The van der Waals surface area contributed by atoms with Crippen molar-refractivity contribution in [1.29, 1.82) is 5.26 Å². The summed E-state index contributed by atoms with van der Waals surface area (Å²) < 4.78 is 0.910. The topological polar surface area (TPSA) is 64.9 Å². The number of nitrogens with zero attached hydrogens (tertiary/aromatic N) is 1. The maximum Gasteiger partial charge on any atom is 0.251 e. The van der Waals surface area contributed by atoms with E-state index in [1.54, 1.807) is 18.2 Å². The highest BCUT2D eigenvalue weighted by molar-refractivity contribution is 9.10. The number of fused-ring (bicyclic) bond motifs is 1. The molecule has 2 N–H and O–H groups in total. The van der Waals surface area contributed by atoms with Crippen LogP contribution in [0.1, 0.15) is 17.2 Å². The lowest BCUT2D eigenvalue weighted by atomic mass is 10.1. The third kappa shape index (κ3) is 2.15. The number of hydrogen-bond donors (Lipinski definition) is 2. The Morgan fingerprint density at radius 1 is 1.25 bits per heavy atom. The average molecular weight is 328 g/mol. The molecule has 2 aromatic carbocycles. The van der Waals surface area contributed by atoms with Crippen LogP contribution in [0.2, 0.25) is 0 Å². The van der Waals surface area contributed by atoms with Crippen LogP contribution in [0.25, 0.3) is 0 Å². The smallest absolute Gasteiger partial charge is 0.251 e. The van der Waals surface area contributed by atoms with Crippen LogP contribution in [-0.4, -0.2) is 5.91 Å². The molecule has 0 radical (unpaired) electrons. The zero-order valence-electron chi connectivity index (χ0n) is 10.4. The van der Waals surface area contributed by atoms with E-state index >= 15 is 0 Å². The first-order chi connectivity index (χ1) is 9.69. The Morgan fingerprint density at radius 3 is 2.85 bits per heavy atom. The number of amides is 1. The van der Waals surface area contributed by atoms with E-state index in [1.807, 2.05) is 24.3 Å². The minimum absolute atomic E-state index is 0.120. The minimum atomic E-state index is -0.489. The molecule has 1 amide bonds. The Balaban J connectivity index is 1.98. The highest BCUT2D eigenvalue weighted by Gasteiger charge is 2.30. The van der Waals surface area contributed by atoms with E-state index in [9.17, 15) is 4.79 Å². The number of benzene rings is 2. The largest absolute Gasteiger partial charge is 0.369 e. The second kappa shape index (κ2) is 4.99. The fourth-order valence-electron chi connectivity index (χ4n) is 2.24. The fraction of sp³-hybridized carbons (Fsp3) is 0.0667. The molecule has 20 heavy (non-hydrogen) atoms. The molecular formula is C15H10BrN3O. The van der Waals surface area contributed by atoms with Crippen molar-refractivity contribution >= 4 is 33.2 Å². The van der Waals surface area contributed by atoms with Crippen LogP contribution in [-0.2, 0) is 4.79 Å². The monoisotopic (exact) mass is 327 g/mol. The van der Waals surface area contributed by atoms with Gasteiger partial charge in [0, 0.05) is 15.7 Å². The van der Waals surface area contributed by atoms with Gasteiger partial charge in [-0.2, -0.15) is 5.26 Å². The van der Waals surface area contributed by atoms with Gasteiger partial charge in [0.15, 0.2) is 0 Å². The first-order valence-electron chi connectivity index (χ1n) is 6.05. The molecule has 1 heterocycles. The molecule has 1 unspecified atom stereocenters. The summed E-state index contributed by atoms with van der Waals surface area (Å²) in [7, 11) is 0. The van der Waals surface area contributed by atoms with E-state index in [1.165, 1.54) is 0 Å². The zero-order chi connectivity index (χ0) is 14.1. The van der Waals surface area contributed by atoms with Crippen LogP contribution in [0.15, 0.2) is 46.9 Å². The number of nitriles is 1. The molecule has 98 valence electrons. The first kappa shape index (κ1) is 12.7. The van der Waals surface area contributed by atoms with Crippen LogP contribution in [0, 0.1) is 11.3 Å².